The number of carbonyl (C=O) groups excluding carboxylic acids is 2. The molecule has 0 unspecified atom stereocenters. The largest absolute Gasteiger partial charge is 0.487 e. The van der Waals surface area contributed by atoms with Crippen molar-refractivity contribution in [3.05, 3.63) is 23.8 Å². The Bertz CT molecular complexity index is 808. The monoisotopic (exact) mass is 431 g/mol. The Morgan fingerprint density at radius 1 is 1.23 bits per heavy atom. The minimum absolute atomic E-state index is 0.0192. The van der Waals surface area contributed by atoms with E-state index < -0.39 is 6.10 Å². The fourth-order valence-electron chi connectivity index (χ4n) is 4.92. The number of ether oxygens (including phenoxy) is 2. The van der Waals surface area contributed by atoms with Gasteiger partial charge >= 0.3 is 0 Å². The molecule has 0 bridgehead atoms. The van der Waals surface area contributed by atoms with Gasteiger partial charge in [0.1, 0.15) is 18.0 Å². The third-order valence-electron chi connectivity index (χ3n) is 6.35. The zero-order chi connectivity index (χ0) is 22.0. The second-order valence-corrected chi connectivity index (χ2v) is 9.09. The van der Waals surface area contributed by atoms with E-state index in [1.54, 1.807) is 0 Å². The van der Waals surface area contributed by atoms with E-state index in [0.717, 1.165) is 42.9 Å². The number of fused-ring (bicyclic) bond motifs is 3. The van der Waals surface area contributed by atoms with Crippen LogP contribution in [0.1, 0.15) is 43.6 Å². The van der Waals surface area contributed by atoms with Crippen LogP contribution in [0.5, 0.6) is 5.75 Å². The van der Waals surface area contributed by atoms with Crippen molar-refractivity contribution < 1.29 is 24.2 Å². The minimum atomic E-state index is -0.475. The lowest BCUT2D eigenvalue weighted by atomic mass is 9.84. The van der Waals surface area contributed by atoms with Crippen LogP contribution in [0.15, 0.2) is 18.2 Å². The van der Waals surface area contributed by atoms with E-state index in [9.17, 15) is 14.7 Å². The summed E-state index contributed by atoms with van der Waals surface area (Å²) in [6.07, 6.45) is 3.27. The first-order chi connectivity index (χ1) is 14.9. The zero-order valence-corrected chi connectivity index (χ0v) is 18.4. The summed E-state index contributed by atoms with van der Waals surface area (Å²) in [5.74, 6) is 0.825. The van der Waals surface area contributed by atoms with E-state index in [1.165, 1.54) is 6.42 Å². The summed E-state index contributed by atoms with van der Waals surface area (Å²) in [7, 11) is 3.70. The third kappa shape index (κ3) is 5.02. The van der Waals surface area contributed by atoms with Crippen LogP contribution in [0, 0.1) is 0 Å². The lowest BCUT2D eigenvalue weighted by Gasteiger charge is -2.38. The highest BCUT2D eigenvalue weighted by Crippen LogP contribution is 2.47. The second kappa shape index (κ2) is 9.54. The van der Waals surface area contributed by atoms with Crippen LogP contribution in [-0.4, -0.2) is 85.4 Å². The third-order valence-corrected chi connectivity index (χ3v) is 6.35. The zero-order valence-electron chi connectivity index (χ0n) is 18.4. The maximum absolute atomic E-state index is 12.8. The van der Waals surface area contributed by atoms with E-state index >= 15 is 0 Å². The summed E-state index contributed by atoms with van der Waals surface area (Å²) >= 11 is 0. The van der Waals surface area contributed by atoms with Gasteiger partial charge in [-0.05, 0) is 58.0 Å². The fraction of sp³-hybridized carbons (Fsp3) is 0.652. The molecule has 0 aliphatic carbocycles. The highest BCUT2D eigenvalue weighted by Gasteiger charge is 2.46. The number of likely N-dealkylation sites (tertiary alicyclic amines) is 1. The molecule has 0 aromatic heterocycles. The number of aliphatic hydroxyl groups excluding tert-OH is 1. The predicted octanol–water partition coefficient (Wildman–Crippen LogP) is 1.58. The topological polar surface area (TPSA) is 91.3 Å². The van der Waals surface area contributed by atoms with Crippen molar-refractivity contribution in [1.82, 2.24) is 9.80 Å². The van der Waals surface area contributed by atoms with Gasteiger partial charge in [0.15, 0.2) is 0 Å². The number of amides is 2. The molecule has 170 valence electrons. The van der Waals surface area contributed by atoms with Gasteiger partial charge < -0.3 is 29.7 Å². The molecular weight excluding hydrogens is 398 g/mol. The lowest BCUT2D eigenvalue weighted by Crippen LogP contribution is -2.48. The molecule has 2 amide bonds. The van der Waals surface area contributed by atoms with Crippen molar-refractivity contribution in [2.75, 3.05) is 45.7 Å². The normalized spacial score (nSPS) is 27.4. The van der Waals surface area contributed by atoms with Gasteiger partial charge in [-0.1, -0.05) is 0 Å². The molecule has 2 saturated heterocycles. The van der Waals surface area contributed by atoms with Crippen molar-refractivity contribution in [2.24, 2.45) is 0 Å². The van der Waals surface area contributed by atoms with E-state index in [0.29, 0.717) is 19.4 Å². The first-order valence-electron chi connectivity index (χ1n) is 11.2. The number of nitrogens with one attached hydrogen (secondary N) is 1. The van der Waals surface area contributed by atoms with Crippen molar-refractivity contribution >= 4 is 17.5 Å². The second-order valence-electron chi connectivity index (χ2n) is 9.09. The summed E-state index contributed by atoms with van der Waals surface area (Å²) in [6.45, 7) is 1.79. The van der Waals surface area contributed by atoms with E-state index in [-0.39, 0.29) is 36.5 Å². The van der Waals surface area contributed by atoms with Crippen molar-refractivity contribution in [1.29, 1.82) is 0 Å². The number of piperidine rings is 1. The Morgan fingerprint density at radius 3 is 2.71 bits per heavy atom. The van der Waals surface area contributed by atoms with Gasteiger partial charge in [-0.2, -0.15) is 0 Å². The average molecular weight is 432 g/mol. The first-order valence-corrected chi connectivity index (χ1v) is 11.2. The standard InChI is InChI=1S/C23H33N3O5/c1-25(2)13-21(28)24-15-6-7-19-17(10-15)18-11-16(30-20(14-27)23(18)31-19)12-22(29)26-8-4-3-5-9-26/h6-7,10,16,18,20,23,27H,3-5,8-9,11-14H2,1-2H3,(H,24,28)/t16-,18+,20+,23-/m1/s1. The number of nitrogens with zero attached hydrogens (tertiary/aromatic N) is 2. The molecule has 0 radical (unpaired) electrons. The molecule has 31 heavy (non-hydrogen) atoms. The number of hydrogen-bond acceptors (Lipinski definition) is 6. The van der Waals surface area contributed by atoms with Crippen LogP contribution in [0.3, 0.4) is 0 Å². The Kier molecular flexibility index (Phi) is 6.79. The molecule has 8 heteroatoms. The minimum Gasteiger partial charge on any atom is -0.487 e. The van der Waals surface area contributed by atoms with E-state index in [2.05, 4.69) is 5.32 Å². The van der Waals surface area contributed by atoms with Crippen molar-refractivity contribution in [3.63, 3.8) is 0 Å². The van der Waals surface area contributed by atoms with Crippen LogP contribution in [0.25, 0.3) is 0 Å². The molecule has 0 saturated carbocycles. The summed E-state index contributed by atoms with van der Waals surface area (Å²) in [5.41, 5.74) is 1.73. The van der Waals surface area contributed by atoms with Crippen LogP contribution in [-0.2, 0) is 14.3 Å². The highest BCUT2D eigenvalue weighted by molar-refractivity contribution is 5.92. The molecule has 4 atom stereocenters. The Balaban J connectivity index is 1.47. The fourth-order valence-corrected chi connectivity index (χ4v) is 4.92. The molecule has 1 aromatic rings. The van der Waals surface area contributed by atoms with Crippen LogP contribution < -0.4 is 10.1 Å². The van der Waals surface area contributed by atoms with Crippen LogP contribution in [0.4, 0.5) is 5.69 Å². The Morgan fingerprint density at radius 2 is 2.00 bits per heavy atom. The molecule has 2 fully saturated rings. The number of rotatable bonds is 6. The van der Waals surface area contributed by atoms with Crippen molar-refractivity contribution in [2.45, 2.75) is 56.3 Å². The quantitative estimate of drug-likeness (QED) is 0.711. The first kappa shape index (κ1) is 22.0. The molecule has 0 spiro atoms. The number of hydrogen-bond donors (Lipinski definition) is 2. The van der Waals surface area contributed by atoms with Crippen molar-refractivity contribution in [3.8, 4) is 5.75 Å². The summed E-state index contributed by atoms with van der Waals surface area (Å²) in [4.78, 5) is 28.7. The van der Waals surface area contributed by atoms with Gasteiger partial charge in [-0.25, -0.2) is 0 Å². The van der Waals surface area contributed by atoms with Gasteiger partial charge in [0.25, 0.3) is 0 Å². The Labute approximate surface area is 183 Å². The van der Waals surface area contributed by atoms with Gasteiger partial charge in [0, 0.05) is 30.3 Å². The van der Waals surface area contributed by atoms with Gasteiger partial charge in [-0.15, -0.1) is 0 Å². The summed E-state index contributed by atoms with van der Waals surface area (Å²) in [6, 6.07) is 5.65. The maximum Gasteiger partial charge on any atom is 0.238 e. The number of benzene rings is 1. The van der Waals surface area contributed by atoms with Crippen LogP contribution in [0.2, 0.25) is 0 Å². The maximum atomic E-state index is 12.8. The van der Waals surface area contributed by atoms with Gasteiger partial charge in [0.05, 0.1) is 25.7 Å². The molecule has 1 aromatic carbocycles. The highest BCUT2D eigenvalue weighted by atomic mass is 16.6. The van der Waals surface area contributed by atoms with Crippen LogP contribution >= 0.6 is 0 Å². The van der Waals surface area contributed by atoms with Gasteiger partial charge in [0.2, 0.25) is 11.8 Å². The molecule has 4 rings (SSSR count). The number of carbonyl (C=O) groups is 2. The molecule has 3 aliphatic rings. The average Bonchev–Trinajstić information content (AvgIpc) is 3.11. The smallest absolute Gasteiger partial charge is 0.238 e. The van der Waals surface area contributed by atoms with E-state index in [1.807, 2.05) is 42.1 Å². The SMILES string of the molecule is CN(C)CC(=O)Nc1ccc2c(c1)[C@@H]1C[C@H](CC(=O)N3CCCCC3)O[C@@H](CO)[C@@H]1O2. The molecular formula is C23H33N3O5. The van der Waals surface area contributed by atoms with Gasteiger partial charge in [-0.3, -0.25) is 9.59 Å². The number of aliphatic hydroxyl groups is 1. The summed E-state index contributed by atoms with van der Waals surface area (Å²) < 4.78 is 12.2. The molecule has 3 heterocycles. The number of anilines is 1. The number of likely N-dealkylation sites (N-methyl/N-ethyl adjacent to an activating group) is 1. The molecule has 8 nitrogen and oxygen atoms in total. The molecule has 2 N–H and O–H groups in total. The predicted molar refractivity (Wildman–Crippen MR) is 116 cm³/mol. The summed E-state index contributed by atoms with van der Waals surface area (Å²) in [5, 5.41) is 12.8. The lowest BCUT2D eigenvalue weighted by molar-refractivity contribution is -0.149. The Hall–Kier alpha value is -2.16. The molecule has 3 aliphatic heterocycles. The van der Waals surface area contributed by atoms with E-state index in [4.69, 9.17) is 9.47 Å².